The largest absolute Gasteiger partial charge is 0.497 e. The Morgan fingerprint density at radius 3 is 2.05 bits per heavy atom. The van der Waals surface area contributed by atoms with Crippen molar-refractivity contribution in [2.75, 3.05) is 17.4 Å². The summed E-state index contributed by atoms with van der Waals surface area (Å²) in [6.07, 6.45) is 0.591. The Hall–Kier alpha value is -2.89. The number of hydrogen-bond donors (Lipinski definition) is 1. The number of nitrogens with zero attached hydrogens (tertiary/aromatic N) is 2. The van der Waals surface area contributed by atoms with Crippen LogP contribution in [0.5, 0.6) is 5.75 Å². The van der Waals surface area contributed by atoms with Crippen molar-refractivity contribution in [3.05, 3.63) is 53.4 Å². The Morgan fingerprint density at radius 1 is 1.05 bits per heavy atom. The van der Waals surface area contributed by atoms with Gasteiger partial charge in [-0.2, -0.15) is 5.01 Å². The summed E-state index contributed by atoms with van der Waals surface area (Å²) in [5.41, 5.74) is 1.86. The summed E-state index contributed by atoms with van der Waals surface area (Å²) >= 11 is 0. The van der Waals surface area contributed by atoms with Gasteiger partial charge >= 0.3 is 0 Å². The van der Waals surface area contributed by atoms with Crippen LogP contribution in [0.25, 0.3) is 0 Å². The molecule has 2 aromatic rings. The fraction of sp³-hybridized carbons (Fsp3) is 0.0714. The first-order chi connectivity index (χ1) is 9.78. The van der Waals surface area contributed by atoms with E-state index >= 15 is 0 Å². The van der Waals surface area contributed by atoms with Gasteiger partial charge in [-0.25, -0.2) is 0 Å². The zero-order chi connectivity index (χ0) is 14.4. The van der Waals surface area contributed by atoms with E-state index in [-0.39, 0.29) is 0 Å². The smallest absolute Gasteiger partial charge is 0.211 e. The van der Waals surface area contributed by atoms with Crippen LogP contribution in [0.4, 0.5) is 17.1 Å². The number of hydrogen-bond acceptors (Lipinski definition) is 4. The SMILES string of the molecule is COc1ccc(N(N=O)c2ccc(NC=O)cc2)cc1. The Morgan fingerprint density at radius 2 is 1.60 bits per heavy atom. The summed E-state index contributed by atoms with van der Waals surface area (Å²) < 4.78 is 5.06. The van der Waals surface area contributed by atoms with Crippen LogP contribution in [0, 0.1) is 4.91 Å². The molecule has 6 nitrogen and oxygen atoms in total. The Balaban J connectivity index is 2.26. The summed E-state index contributed by atoms with van der Waals surface area (Å²) in [5, 5.41) is 6.79. The molecule has 2 rings (SSSR count). The molecule has 0 aliphatic carbocycles. The number of methoxy groups -OCH3 is 1. The third-order valence-corrected chi connectivity index (χ3v) is 2.74. The average Bonchev–Trinajstić information content (AvgIpc) is 2.51. The van der Waals surface area contributed by atoms with Crippen molar-refractivity contribution in [1.82, 2.24) is 0 Å². The normalized spacial score (nSPS) is 9.65. The van der Waals surface area contributed by atoms with Gasteiger partial charge in [-0.05, 0) is 48.5 Å². The van der Waals surface area contributed by atoms with E-state index in [1.807, 2.05) is 0 Å². The number of ether oxygens (including phenoxy) is 1. The van der Waals surface area contributed by atoms with E-state index in [0.29, 0.717) is 29.2 Å². The molecule has 0 aliphatic heterocycles. The van der Waals surface area contributed by atoms with Gasteiger partial charge in [0.15, 0.2) is 0 Å². The first-order valence-electron chi connectivity index (χ1n) is 5.86. The molecule has 0 spiro atoms. The molecule has 1 amide bonds. The molecule has 102 valence electrons. The van der Waals surface area contributed by atoms with Gasteiger partial charge in [0.05, 0.1) is 23.8 Å². The van der Waals surface area contributed by atoms with Crippen molar-refractivity contribution >= 4 is 23.5 Å². The van der Waals surface area contributed by atoms with Gasteiger partial charge < -0.3 is 10.1 Å². The second-order valence-corrected chi connectivity index (χ2v) is 3.90. The molecule has 20 heavy (non-hydrogen) atoms. The topological polar surface area (TPSA) is 71.0 Å². The minimum atomic E-state index is 0.591. The van der Waals surface area contributed by atoms with E-state index in [0.717, 1.165) is 0 Å². The lowest BCUT2D eigenvalue weighted by Gasteiger charge is -2.16. The summed E-state index contributed by atoms with van der Waals surface area (Å²) in [6, 6.07) is 13.7. The van der Waals surface area contributed by atoms with Gasteiger partial charge in [-0.1, -0.05) is 0 Å². The third-order valence-electron chi connectivity index (χ3n) is 2.74. The van der Waals surface area contributed by atoms with E-state index in [1.165, 1.54) is 5.01 Å². The standard InChI is InChI=1S/C14H13N3O3/c1-20-14-8-6-13(7-9-14)17(16-19)12-4-2-11(3-5-12)15-10-18/h2-10H,1H3,(H,15,18). The Kier molecular flexibility index (Phi) is 4.28. The maximum absolute atomic E-state index is 11.0. The van der Waals surface area contributed by atoms with Gasteiger partial charge in [0.1, 0.15) is 5.75 Å². The van der Waals surface area contributed by atoms with E-state index in [1.54, 1.807) is 55.6 Å². The van der Waals surface area contributed by atoms with E-state index in [2.05, 4.69) is 10.6 Å². The fourth-order valence-electron chi connectivity index (χ4n) is 1.73. The highest BCUT2D eigenvalue weighted by molar-refractivity contribution is 5.73. The van der Waals surface area contributed by atoms with E-state index in [4.69, 9.17) is 4.74 Å². The third kappa shape index (κ3) is 2.92. The lowest BCUT2D eigenvalue weighted by molar-refractivity contribution is -0.105. The molecule has 0 fully saturated rings. The molecular formula is C14H13N3O3. The molecule has 2 aromatic carbocycles. The summed E-state index contributed by atoms with van der Waals surface area (Å²) in [5.74, 6) is 0.699. The minimum absolute atomic E-state index is 0.591. The number of carbonyl (C=O) groups is 1. The van der Waals surface area contributed by atoms with Gasteiger partial charge in [-0.3, -0.25) is 4.79 Å². The fourth-order valence-corrected chi connectivity index (χ4v) is 1.73. The first kappa shape index (κ1) is 13.5. The average molecular weight is 271 g/mol. The second-order valence-electron chi connectivity index (χ2n) is 3.90. The van der Waals surface area contributed by atoms with Crippen LogP contribution < -0.4 is 15.1 Å². The van der Waals surface area contributed by atoms with Crippen LogP contribution in [-0.4, -0.2) is 13.5 Å². The van der Waals surface area contributed by atoms with Crippen LogP contribution in [0.3, 0.4) is 0 Å². The maximum Gasteiger partial charge on any atom is 0.211 e. The molecule has 0 saturated heterocycles. The van der Waals surface area contributed by atoms with Crippen molar-refractivity contribution < 1.29 is 9.53 Å². The van der Waals surface area contributed by atoms with E-state index in [9.17, 15) is 9.70 Å². The summed E-state index contributed by atoms with van der Waals surface area (Å²) in [6.45, 7) is 0. The number of amides is 1. The van der Waals surface area contributed by atoms with E-state index < -0.39 is 0 Å². The van der Waals surface area contributed by atoms with Gasteiger partial charge in [0.2, 0.25) is 6.41 Å². The van der Waals surface area contributed by atoms with Crippen molar-refractivity contribution in [3.63, 3.8) is 0 Å². The molecule has 0 atom stereocenters. The van der Waals surface area contributed by atoms with Gasteiger partial charge in [0, 0.05) is 5.69 Å². The zero-order valence-electron chi connectivity index (χ0n) is 10.8. The lowest BCUT2D eigenvalue weighted by atomic mass is 10.2. The highest BCUT2D eigenvalue weighted by atomic mass is 16.5. The molecule has 0 radical (unpaired) electrons. The zero-order valence-corrected chi connectivity index (χ0v) is 10.8. The predicted octanol–water partition coefficient (Wildman–Crippen LogP) is 3.08. The van der Waals surface area contributed by atoms with Crippen LogP contribution in [-0.2, 0) is 4.79 Å². The monoisotopic (exact) mass is 271 g/mol. The molecule has 1 N–H and O–H groups in total. The highest BCUT2D eigenvalue weighted by Crippen LogP contribution is 2.28. The van der Waals surface area contributed by atoms with Crippen LogP contribution in [0.2, 0.25) is 0 Å². The summed E-state index contributed by atoms with van der Waals surface area (Å²) in [4.78, 5) is 21.4. The molecular weight excluding hydrogens is 258 g/mol. The predicted molar refractivity (Wildman–Crippen MR) is 77.1 cm³/mol. The molecule has 6 heteroatoms. The molecule has 0 aliphatic rings. The van der Waals surface area contributed by atoms with Crippen LogP contribution >= 0.6 is 0 Å². The minimum Gasteiger partial charge on any atom is -0.497 e. The Bertz CT molecular complexity index is 582. The lowest BCUT2D eigenvalue weighted by Crippen LogP contribution is -2.07. The van der Waals surface area contributed by atoms with Gasteiger partial charge in [-0.15, -0.1) is 4.91 Å². The Labute approximate surface area is 115 Å². The number of nitroso groups, excluding NO2 is 1. The van der Waals surface area contributed by atoms with Crippen molar-refractivity contribution in [3.8, 4) is 5.75 Å². The van der Waals surface area contributed by atoms with Crippen molar-refractivity contribution in [2.45, 2.75) is 0 Å². The number of benzene rings is 2. The van der Waals surface area contributed by atoms with Crippen molar-refractivity contribution in [2.24, 2.45) is 5.29 Å². The number of nitrogens with one attached hydrogen (secondary N) is 1. The maximum atomic E-state index is 11.0. The number of rotatable bonds is 6. The second kappa shape index (κ2) is 6.33. The number of carbonyl (C=O) groups excluding carboxylic acids is 1. The molecule has 0 unspecified atom stereocenters. The highest BCUT2D eigenvalue weighted by Gasteiger charge is 2.09. The van der Waals surface area contributed by atoms with Gasteiger partial charge in [0.25, 0.3) is 0 Å². The van der Waals surface area contributed by atoms with Crippen molar-refractivity contribution in [1.29, 1.82) is 0 Å². The molecule has 0 aromatic heterocycles. The first-order valence-corrected chi connectivity index (χ1v) is 5.86. The molecule has 0 saturated carbocycles. The van der Waals surface area contributed by atoms with Crippen LogP contribution in [0.1, 0.15) is 0 Å². The number of anilines is 3. The molecule has 0 heterocycles. The quantitative estimate of drug-likeness (QED) is 0.498. The van der Waals surface area contributed by atoms with Crippen LogP contribution in [0.15, 0.2) is 53.8 Å². The summed E-state index contributed by atoms with van der Waals surface area (Å²) in [7, 11) is 1.57. The molecule has 0 bridgehead atoms.